The van der Waals surface area contributed by atoms with E-state index in [0.29, 0.717) is 12.1 Å². The minimum Gasteiger partial charge on any atom is -0.382 e. The molecule has 1 aromatic carbocycles. The van der Waals surface area contributed by atoms with E-state index in [1.807, 2.05) is 0 Å². The quantitative estimate of drug-likeness (QED) is 0.852. The van der Waals surface area contributed by atoms with E-state index in [9.17, 15) is 0 Å². The highest BCUT2D eigenvalue weighted by atomic mass is 15.0. The minimum atomic E-state index is 0.239. The zero-order valence-electron chi connectivity index (χ0n) is 12.1. The molecular weight excluding hydrogens is 220 g/mol. The minimum absolute atomic E-state index is 0.239. The van der Waals surface area contributed by atoms with Crippen LogP contribution in [-0.4, -0.2) is 19.1 Å². The summed E-state index contributed by atoms with van der Waals surface area (Å²) in [4.78, 5) is 0. The summed E-state index contributed by atoms with van der Waals surface area (Å²) in [6, 6.07) is 10.2. The van der Waals surface area contributed by atoms with Crippen molar-refractivity contribution in [3.8, 4) is 0 Å². The van der Waals surface area contributed by atoms with Gasteiger partial charge in [0.15, 0.2) is 0 Å². The monoisotopic (exact) mass is 246 g/mol. The first kappa shape index (κ1) is 13.4. The highest BCUT2D eigenvalue weighted by Crippen LogP contribution is 2.26. The highest BCUT2D eigenvalue weighted by Gasteiger charge is 2.23. The Morgan fingerprint density at radius 2 is 1.61 bits per heavy atom. The van der Waals surface area contributed by atoms with E-state index >= 15 is 0 Å². The molecule has 1 saturated carbocycles. The fourth-order valence-corrected chi connectivity index (χ4v) is 2.68. The zero-order chi connectivity index (χ0) is 13.2. The van der Waals surface area contributed by atoms with Crippen LogP contribution in [0.15, 0.2) is 24.3 Å². The number of benzene rings is 1. The molecule has 0 radical (unpaired) electrons. The number of rotatable bonds is 3. The number of hydrogen-bond donors (Lipinski definition) is 2. The molecule has 18 heavy (non-hydrogen) atoms. The average molecular weight is 246 g/mol. The second-order valence-electron chi connectivity index (χ2n) is 6.47. The highest BCUT2D eigenvalue weighted by molar-refractivity contribution is 5.46. The van der Waals surface area contributed by atoms with Gasteiger partial charge in [0, 0.05) is 17.8 Å². The van der Waals surface area contributed by atoms with Crippen LogP contribution in [-0.2, 0) is 5.41 Å². The van der Waals surface area contributed by atoms with Gasteiger partial charge >= 0.3 is 0 Å². The van der Waals surface area contributed by atoms with Crippen molar-refractivity contribution < 1.29 is 0 Å². The van der Waals surface area contributed by atoms with Crippen LogP contribution in [0, 0.1) is 0 Å². The predicted molar refractivity (Wildman–Crippen MR) is 79.3 cm³/mol. The Hall–Kier alpha value is -1.02. The standard InChI is InChI=1S/C16H26N2/c1-16(2,3)12-5-7-13(8-6-12)18-15-10-9-14(11-15)17-4/h5-8,14-15,17-18H,9-11H2,1-4H3. The average Bonchev–Trinajstić information content (AvgIpc) is 2.76. The molecule has 0 aromatic heterocycles. The molecular formula is C16H26N2. The third kappa shape index (κ3) is 3.26. The van der Waals surface area contributed by atoms with Gasteiger partial charge in [0.1, 0.15) is 0 Å². The molecule has 2 N–H and O–H groups in total. The summed E-state index contributed by atoms with van der Waals surface area (Å²) in [5.74, 6) is 0. The Balaban J connectivity index is 1.95. The van der Waals surface area contributed by atoms with Crippen molar-refractivity contribution in [2.24, 2.45) is 0 Å². The van der Waals surface area contributed by atoms with Gasteiger partial charge in [-0.1, -0.05) is 32.9 Å². The van der Waals surface area contributed by atoms with E-state index in [4.69, 9.17) is 0 Å². The summed E-state index contributed by atoms with van der Waals surface area (Å²) in [7, 11) is 2.06. The number of hydrogen-bond acceptors (Lipinski definition) is 2. The summed E-state index contributed by atoms with van der Waals surface area (Å²) in [6.45, 7) is 6.76. The topological polar surface area (TPSA) is 24.1 Å². The van der Waals surface area contributed by atoms with E-state index in [0.717, 1.165) is 0 Å². The third-order valence-electron chi connectivity index (χ3n) is 3.96. The van der Waals surface area contributed by atoms with Crippen molar-refractivity contribution in [1.82, 2.24) is 5.32 Å². The summed E-state index contributed by atoms with van der Waals surface area (Å²) in [6.07, 6.45) is 3.79. The number of anilines is 1. The van der Waals surface area contributed by atoms with Crippen molar-refractivity contribution >= 4 is 5.69 Å². The van der Waals surface area contributed by atoms with Gasteiger partial charge in [-0.2, -0.15) is 0 Å². The second-order valence-corrected chi connectivity index (χ2v) is 6.47. The largest absolute Gasteiger partial charge is 0.382 e. The molecule has 2 atom stereocenters. The van der Waals surface area contributed by atoms with Crippen molar-refractivity contribution in [2.45, 2.75) is 57.5 Å². The Bertz CT molecular complexity index is 375. The van der Waals surface area contributed by atoms with Crippen LogP contribution in [0.5, 0.6) is 0 Å². The normalized spacial score (nSPS) is 24.2. The second kappa shape index (κ2) is 5.31. The lowest BCUT2D eigenvalue weighted by Crippen LogP contribution is -2.24. The lowest BCUT2D eigenvalue weighted by molar-refractivity contribution is 0.576. The van der Waals surface area contributed by atoms with Gasteiger partial charge in [-0.15, -0.1) is 0 Å². The molecule has 1 aromatic rings. The Kier molecular flexibility index (Phi) is 3.96. The van der Waals surface area contributed by atoms with Crippen LogP contribution in [0.3, 0.4) is 0 Å². The summed E-state index contributed by atoms with van der Waals surface area (Å²) in [5.41, 5.74) is 2.89. The van der Waals surface area contributed by atoms with Crippen LogP contribution >= 0.6 is 0 Å². The first-order valence-electron chi connectivity index (χ1n) is 7.03. The molecule has 0 aliphatic heterocycles. The lowest BCUT2D eigenvalue weighted by atomic mass is 9.87. The molecule has 1 aliphatic carbocycles. The van der Waals surface area contributed by atoms with E-state index in [1.165, 1.54) is 30.5 Å². The maximum absolute atomic E-state index is 3.64. The smallest absolute Gasteiger partial charge is 0.0342 e. The SMILES string of the molecule is CNC1CCC(Nc2ccc(C(C)(C)C)cc2)C1. The van der Waals surface area contributed by atoms with Crippen LogP contribution in [0.25, 0.3) is 0 Å². The third-order valence-corrected chi connectivity index (χ3v) is 3.96. The predicted octanol–water partition coefficient (Wildman–Crippen LogP) is 3.54. The van der Waals surface area contributed by atoms with E-state index in [-0.39, 0.29) is 5.41 Å². The van der Waals surface area contributed by atoms with Gasteiger partial charge in [0.05, 0.1) is 0 Å². The van der Waals surface area contributed by atoms with Gasteiger partial charge in [-0.3, -0.25) is 0 Å². The van der Waals surface area contributed by atoms with E-state index in [1.54, 1.807) is 0 Å². The van der Waals surface area contributed by atoms with Gasteiger partial charge in [-0.25, -0.2) is 0 Å². The summed E-state index contributed by atoms with van der Waals surface area (Å²) < 4.78 is 0. The lowest BCUT2D eigenvalue weighted by Gasteiger charge is -2.20. The van der Waals surface area contributed by atoms with Gasteiger partial charge in [0.2, 0.25) is 0 Å². The molecule has 0 heterocycles. The number of nitrogens with one attached hydrogen (secondary N) is 2. The molecule has 1 aliphatic rings. The summed E-state index contributed by atoms with van der Waals surface area (Å²) >= 11 is 0. The van der Waals surface area contributed by atoms with Crippen LogP contribution in [0.1, 0.15) is 45.6 Å². The zero-order valence-corrected chi connectivity index (χ0v) is 12.1. The van der Waals surface area contributed by atoms with Gasteiger partial charge in [0.25, 0.3) is 0 Å². The van der Waals surface area contributed by atoms with E-state index < -0.39 is 0 Å². The van der Waals surface area contributed by atoms with Crippen LogP contribution < -0.4 is 10.6 Å². The molecule has 2 nitrogen and oxygen atoms in total. The van der Waals surface area contributed by atoms with Crippen molar-refractivity contribution in [1.29, 1.82) is 0 Å². The molecule has 100 valence electrons. The van der Waals surface area contributed by atoms with Crippen molar-refractivity contribution in [3.05, 3.63) is 29.8 Å². The fourth-order valence-electron chi connectivity index (χ4n) is 2.68. The Morgan fingerprint density at radius 3 is 2.11 bits per heavy atom. The van der Waals surface area contributed by atoms with Crippen LogP contribution in [0.4, 0.5) is 5.69 Å². The Labute approximate surface area is 111 Å². The first-order chi connectivity index (χ1) is 8.49. The van der Waals surface area contributed by atoms with Crippen molar-refractivity contribution in [2.75, 3.05) is 12.4 Å². The van der Waals surface area contributed by atoms with Crippen LogP contribution in [0.2, 0.25) is 0 Å². The molecule has 2 unspecified atom stereocenters. The maximum Gasteiger partial charge on any atom is 0.0342 e. The molecule has 0 spiro atoms. The molecule has 0 amide bonds. The van der Waals surface area contributed by atoms with E-state index in [2.05, 4.69) is 62.7 Å². The Morgan fingerprint density at radius 1 is 1.00 bits per heavy atom. The molecule has 2 heteroatoms. The molecule has 1 fully saturated rings. The summed E-state index contributed by atoms with van der Waals surface area (Å²) in [5, 5.41) is 7.01. The molecule has 0 bridgehead atoms. The first-order valence-corrected chi connectivity index (χ1v) is 7.03. The maximum atomic E-state index is 3.64. The molecule has 0 saturated heterocycles. The van der Waals surface area contributed by atoms with Gasteiger partial charge < -0.3 is 10.6 Å². The fraction of sp³-hybridized carbons (Fsp3) is 0.625. The molecule has 2 rings (SSSR count). The van der Waals surface area contributed by atoms with Gasteiger partial charge in [-0.05, 0) is 49.4 Å². The van der Waals surface area contributed by atoms with Crippen molar-refractivity contribution in [3.63, 3.8) is 0 Å².